The average molecular weight is 236 g/mol. The van der Waals surface area contributed by atoms with Crippen LogP contribution in [0.1, 0.15) is 19.8 Å². The maximum atomic E-state index is 5.39. The van der Waals surface area contributed by atoms with Crippen molar-refractivity contribution >= 4 is 5.82 Å². The molecule has 0 aliphatic carbocycles. The third-order valence-corrected chi connectivity index (χ3v) is 3.15. The lowest BCUT2D eigenvalue weighted by Gasteiger charge is -2.32. The fourth-order valence-electron chi connectivity index (χ4n) is 2.13. The van der Waals surface area contributed by atoms with Gasteiger partial charge in [0.25, 0.3) is 0 Å². The molecule has 2 heterocycles. The highest BCUT2D eigenvalue weighted by Crippen LogP contribution is 2.20. The van der Waals surface area contributed by atoms with Crippen molar-refractivity contribution in [3.05, 3.63) is 12.4 Å². The Hall–Kier alpha value is -1.36. The first-order valence-corrected chi connectivity index (χ1v) is 6.20. The van der Waals surface area contributed by atoms with Crippen molar-refractivity contribution in [1.82, 2.24) is 15.3 Å². The number of nitrogens with one attached hydrogen (secondary N) is 1. The molecule has 0 bridgehead atoms. The molecule has 5 nitrogen and oxygen atoms in total. The summed E-state index contributed by atoms with van der Waals surface area (Å²) in [4.78, 5) is 10.7. The standard InChI is InChI=1S/C12H20N4O/c1-3-17-12-8-11(14-9-15-12)16-6-4-10(13-2)5-7-16/h8-10,13H,3-7H2,1-2H3. The Morgan fingerprint density at radius 1 is 1.41 bits per heavy atom. The molecule has 0 saturated carbocycles. The average Bonchev–Trinajstić information content (AvgIpc) is 2.40. The summed E-state index contributed by atoms with van der Waals surface area (Å²) in [6.45, 7) is 4.67. The summed E-state index contributed by atoms with van der Waals surface area (Å²) in [7, 11) is 2.03. The van der Waals surface area contributed by atoms with Gasteiger partial charge in [0.15, 0.2) is 0 Å². The number of rotatable bonds is 4. The molecule has 94 valence electrons. The SMILES string of the molecule is CCOc1cc(N2CCC(NC)CC2)ncn1. The summed E-state index contributed by atoms with van der Waals surface area (Å²) >= 11 is 0. The maximum absolute atomic E-state index is 5.39. The number of aromatic nitrogens is 2. The van der Waals surface area contributed by atoms with E-state index in [0.29, 0.717) is 18.5 Å². The van der Waals surface area contributed by atoms with Crippen molar-refractivity contribution in [3.63, 3.8) is 0 Å². The second kappa shape index (κ2) is 5.82. The van der Waals surface area contributed by atoms with Crippen molar-refractivity contribution in [2.75, 3.05) is 31.6 Å². The summed E-state index contributed by atoms with van der Waals surface area (Å²) in [5, 5.41) is 3.32. The van der Waals surface area contributed by atoms with Crippen LogP contribution in [0.5, 0.6) is 5.88 Å². The number of nitrogens with zero attached hydrogens (tertiary/aromatic N) is 3. The smallest absolute Gasteiger partial charge is 0.218 e. The Morgan fingerprint density at radius 3 is 2.82 bits per heavy atom. The zero-order chi connectivity index (χ0) is 12.1. The van der Waals surface area contributed by atoms with Crippen molar-refractivity contribution in [2.24, 2.45) is 0 Å². The van der Waals surface area contributed by atoms with Crippen LogP contribution >= 0.6 is 0 Å². The zero-order valence-electron chi connectivity index (χ0n) is 10.5. The Bertz CT molecular complexity index is 350. The lowest BCUT2D eigenvalue weighted by atomic mass is 10.1. The summed E-state index contributed by atoms with van der Waals surface area (Å²) < 4.78 is 5.39. The van der Waals surface area contributed by atoms with Crippen LogP contribution in [0.4, 0.5) is 5.82 Å². The van der Waals surface area contributed by atoms with E-state index >= 15 is 0 Å². The molecule has 1 fully saturated rings. The monoisotopic (exact) mass is 236 g/mol. The Balaban J connectivity index is 2.00. The molecule has 1 N–H and O–H groups in total. The van der Waals surface area contributed by atoms with E-state index in [1.165, 1.54) is 0 Å². The van der Waals surface area contributed by atoms with Gasteiger partial charge in [-0.3, -0.25) is 0 Å². The third kappa shape index (κ3) is 3.06. The van der Waals surface area contributed by atoms with Crippen LogP contribution in [0.25, 0.3) is 0 Å². The van der Waals surface area contributed by atoms with E-state index in [4.69, 9.17) is 4.74 Å². The Labute approximate surface area is 102 Å². The number of hydrogen-bond donors (Lipinski definition) is 1. The second-order valence-electron chi connectivity index (χ2n) is 4.20. The largest absolute Gasteiger partial charge is 0.478 e. The third-order valence-electron chi connectivity index (χ3n) is 3.15. The number of hydrogen-bond acceptors (Lipinski definition) is 5. The number of ether oxygens (including phenoxy) is 1. The van der Waals surface area contributed by atoms with E-state index in [0.717, 1.165) is 31.7 Å². The lowest BCUT2D eigenvalue weighted by Crippen LogP contribution is -2.41. The predicted molar refractivity (Wildman–Crippen MR) is 67.5 cm³/mol. The molecule has 0 aromatic carbocycles. The normalized spacial score (nSPS) is 17.2. The van der Waals surface area contributed by atoms with Crippen molar-refractivity contribution in [2.45, 2.75) is 25.8 Å². The van der Waals surface area contributed by atoms with E-state index in [1.807, 2.05) is 20.0 Å². The van der Waals surface area contributed by atoms with Crippen LogP contribution in [-0.2, 0) is 0 Å². The minimum atomic E-state index is 0.637. The molecule has 1 saturated heterocycles. The van der Waals surface area contributed by atoms with Crippen LogP contribution in [0, 0.1) is 0 Å². The molecule has 1 aromatic heterocycles. The summed E-state index contributed by atoms with van der Waals surface area (Å²) in [6.07, 6.45) is 3.89. The molecule has 0 radical (unpaired) electrons. The molecule has 0 atom stereocenters. The molecule has 5 heteroatoms. The van der Waals surface area contributed by atoms with Gasteiger partial charge in [0.05, 0.1) is 6.61 Å². The van der Waals surface area contributed by atoms with Crippen LogP contribution in [0.2, 0.25) is 0 Å². The molecule has 17 heavy (non-hydrogen) atoms. The van der Waals surface area contributed by atoms with E-state index in [-0.39, 0.29) is 0 Å². The van der Waals surface area contributed by atoms with Gasteiger partial charge in [-0.05, 0) is 26.8 Å². The highest BCUT2D eigenvalue weighted by atomic mass is 16.5. The maximum Gasteiger partial charge on any atom is 0.218 e. The first kappa shape index (κ1) is 12.1. The quantitative estimate of drug-likeness (QED) is 0.847. The lowest BCUT2D eigenvalue weighted by molar-refractivity contribution is 0.326. The van der Waals surface area contributed by atoms with E-state index in [2.05, 4.69) is 20.2 Å². The van der Waals surface area contributed by atoms with Crippen molar-refractivity contribution in [3.8, 4) is 5.88 Å². The van der Waals surface area contributed by atoms with Crippen LogP contribution in [0.3, 0.4) is 0 Å². The van der Waals surface area contributed by atoms with E-state index < -0.39 is 0 Å². The van der Waals surface area contributed by atoms with Gasteiger partial charge in [0, 0.05) is 25.2 Å². The van der Waals surface area contributed by atoms with E-state index in [1.54, 1.807) is 6.33 Å². The van der Waals surface area contributed by atoms with E-state index in [9.17, 15) is 0 Å². The Kier molecular flexibility index (Phi) is 4.14. The first-order valence-electron chi connectivity index (χ1n) is 6.20. The molecular weight excluding hydrogens is 216 g/mol. The molecule has 0 spiro atoms. The molecule has 0 unspecified atom stereocenters. The Morgan fingerprint density at radius 2 is 2.18 bits per heavy atom. The van der Waals surface area contributed by atoms with Gasteiger partial charge in [0.1, 0.15) is 12.1 Å². The highest BCUT2D eigenvalue weighted by molar-refractivity contribution is 5.41. The number of anilines is 1. The van der Waals surface area contributed by atoms with Gasteiger partial charge in [-0.15, -0.1) is 0 Å². The van der Waals surface area contributed by atoms with Gasteiger partial charge >= 0.3 is 0 Å². The minimum absolute atomic E-state index is 0.637. The molecule has 2 rings (SSSR count). The van der Waals surface area contributed by atoms with Crippen LogP contribution in [0.15, 0.2) is 12.4 Å². The number of piperidine rings is 1. The zero-order valence-corrected chi connectivity index (χ0v) is 10.5. The molecule has 0 amide bonds. The minimum Gasteiger partial charge on any atom is -0.478 e. The fourth-order valence-corrected chi connectivity index (χ4v) is 2.13. The molecule has 1 aromatic rings. The van der Waals surface area contributed by atoms with Crippen LogP contribution in [-0.4, -0.2) is 42.8 Å². The summed E-state index contributed by atoms with van der Waals surface area (Å²) in [5.41, 5.74) is 0. The van der Waals surface area contributed by atoms with Gasteiger partial charge < -0.3 is 15.0 Å². The molecule has 1 aliphatic rings. The van der Waals surface area contributed by atoms with Gasteiger partial charge in [-0.1, -0.05) is 0 Å². The van der Waals surface area contributed by atoms with Crippen molar-refractivity contribution in [1.29, 1.82) is 0 Å². The summed E-state index contributed by atoms with van der Waals surface area (Å²) in [6, 6.07) is 2.56. The van der Waals surface area contributed by atoms with Crippen LogP contribution < -0.4 is 15.0 Å². The second-order valence-corrected chi connectivity index (χ2v) is 4.20. The summed E-state index contributed by atoms with van der Waals surface area (Å²) in [5.74, 6) is 1.63. The molecule has 1 aliphatic heterocycles. The first-order chi connectivity index (χ1) is 8.33. The van der Waals surface area contributed by atoms with Crippen molar-refractivity contribution < 1.29 is 4.74 Å². The van der Waals surface area contributed by atoms with Gasteiger partial charge in [0.2, 0.25) is 5.88 Å². The predicted octanol–water partition coefficient (Wildman–Crippen LogP) is 1.06. The van der Waals surface area contributed by atoms with Gasteiger partial charge in [-0.25, -0.2) is 9.97 Å². The highest BCUT2D eigenvalue weighted by Gasteiger charge is 2.19. The van der Waals surface area contributed by atoms with Gasteiger partial charge in [-0.2, -0.15) is 0 Å². The topological polar surface area (TPSA) is 50.3 Å². The molecular formula is C12H20N4O. The fraction of sp³-hybridized carbons (Fsp3) is 0.667.